The van der Waals surface area contributed by atoms with Crippen molar-refractivity contribution >= 4 is 0 Å². The molecular weight excluding hydrogens is 252 g/mol. The zero-order valence-electron chi connectivity index (χ0n) is 11.2. The molecule has 4 heteroatoms. The lowest BCUT2D eigenvalue weighted by Crippen LogP contribution is -2.26. The SMILES string of the molecule is OC[C@H]1C=C[C@@H](NCc2coc(-c3ccccc3)n2)C1. The molecule has 104 valence electrons. The Kier molecular flexibility index (Phi) is 3.95. The van der Waals surface area contributed by atoms with Gasteiger partial charge in [0.15, 0.2) is 0 Å². The summed E-state index contributed by atoms with van der Waals surface area (Å²) in [4.78, 5) is 4.48. The second-order valence-electron chi connectivity index (χ2n) is 5.06. The Labute approximate surface area is 118 Å². The lowest BCUT2D eigenvalue weighted by Gasteiger charge is -2.10. The predicted octanol–water partition coefficient (Wildman–Crippen LogP) is 2.37. The van der Waals surface area contributed by atoms with Crippen LogP contribution >= 0.6 is 0 Å². The zero-order chi connectivity index (χ0) is 13.8. The normalized spacial score (nSPS) is 21.4. The summed E-state index contributed by atoms with van der Waals surface area (Å²) in [7, 11) is 0. The third-order valence-corrected chi connectivity index (χ3v) is 3.52. The molecule has 2 N–H and O–H groups in total. The number of oxazole rings is 1. The molecule has 3 rings (SSSR count). The highest BCUT2D eigenvalue weighted by molar-refractivity contribution is 5.52. The first-order chi connectivity index (χ1) is 9.85. The predicted molar refractivity (Wildman–Crippen MR) is 76.9 cm³/mol. The third kappa shape index (κ3) is 2.98. The second-order valence-corrected chi connectivity index (χ2v) is 5.06. The van der Waals surface area contributed by atoms with Crippen molar-refractivity contribution in [2.45, 2.75) is 19.0 Å². The van der Waals surface area contributed by atoms with Gasteiger partial charge in [0.1, 0.15) is 6.26 Å². The minimum atomic E-state index is 0.219. The van der Waals surface area contributed by atoms with Gasteiger partial charge < -0.3 is 14.8 Å². The highest BCUT2D eigenvalue weighted by Gasteiger charge is 2.17. The van der Waals surface area contributed by atoms with Crippen molar-refractivity contribution in [2.75, 3.05) is 6.61 Å². The van der Waals surface area contributed by atoms with Gasteiger partial charge in [0, 0.05) is 30.7 Å². The van der Waals surface area contributed by atoms with Gasteiger partial charge >= 0.3 is 0 Å². The molecule has 0 unspecified atom stereocenters. The van der Waals surface area contributed by atoms with E-state index in [0.29, 0.717) is 18.5 Å². The average Bonchev–Trinajstić information content (AvgIpc) is 3.15. The number of nitrogens with one attached hydrogen (secondary N) is 1. The molecule has 0 radical (unpaired) electrons. The number of aromatic nitrogens is 1. The average molecular weight is 270 g/mol. The summed E-state index contributed by atoms with van der Waals surface area (Å²) in [6.07, 6.45) is 6.81. The number of hydrogen-bond acceptors (Lipinski definition) is 4. The van der Waals surface area contributed by atoms with Gasteiger partial charge in [0.05, 0.1) is 5.69 Å². The Morgan fingerprint density at radius 3 is 2.85 bits per heavy atom. The first-order valence-corrected chi connectivity index (χ1v) is 6.87. The van der Waals surface area contributed by atoms with Crippen LogP contribution in [-0.2, 0) is 6.54 Å². The van der Waals surface area contributed by atoms with Crippen LogP contribution in [0.5, 0.6) is 0 Å². The summed E-state index contributed by atoms with van der Waals surface area (Å²) in [5.41, 5.74) is 1.88. The maximum absolute atomic E-state index is 9.09. The van der Waals surface area contributed by atoms with Crippen LogP contribution in [-0.4, -0.2) is 22.7 Å². The zero-order valence-corrected chi connectivity index (χ0v) is 11.2. The lowest BCUT2D eigenvalue weighted by molar-refractivity contribution is 0.246. The van der Waals surface area contributed by atoms with E-state index in [4.69, 9.17) is 9.52 Å². The number of benzene rings is 1. The summed E-state index contributed by atoms with van der Waals surface area (Å²) in [6, 6.07) is 10.2. The van der Waals surface area contributed by atoms with Crippen molar-refractivity contribution in [3.05, 3.63) is 54.4 Å². The van der Waals surface area contributed by atoms with Gasteiger partial charge in [-0.25, -0.2) is 4.98 Å². The van der Waals surface area contributed by atoms with Crippen LogP contribution < -0.4 is 5.32 Å². The van der Waals surface area contributed by atoms with Crippen molar-refractivity contribution in [1.29, 1.82) is 0 Å². The molecular formula is C16H18N2O2. The number of rotatable bonds is 5. The van der Waals surface area contributed by atoms with Gasteiger partial charge in [-0.3, -0.25) is 0 Å². The molecule has 0 fully saturated rings. The van der Waals surface area contributed by atoms with E-state index in [1.54, 1.807) is 6.26 Å². The molecule has 0 amide bonds. The molecule has 0 bridgehead atoms. The molecule has 0 aliphatic heterocycles. The second kappa shape index (κ2) is 6.03. The molecule has 4 nitrogen and oxygen atoms in total. The third-order valence-electron chi connectivity index (χ3n) is 3.52. The van der Waals surface area contributed by atoms with Gasteiger partial charge in [0.25, 0.3) is 0 Å². The molecule has 1 aliphatic carbocycles. The molecule has 2 atom stereocenters. The van der Waals surface area contributed by atoms with Crippen molar-refractivity contribution in [2.24, 2.45) is 5.92 Å². The molecule has 1 aliphatic rings. The molecule has 0 saturated carbocycles. The minimum absolute atomic E-state index is 0.219. The van der Waals surface area contributed by atoms with Crippen LogP contribution in [0.3, 0.4) is 0 Å². The van der Waals surface area contributed by atoms with Crippen LogP contribution in [0.1, 0.15) is 12.1 Å². The smallest absolute Gasteiger partial charge is 0.226 e. The van der Waals surface area contributed by atoms with Crippen molar-refractivity contribution < 1.29 is 9.52 Å². The van der Waals surface area contributed by atoms with E-state index in [2.05, 4.69) is 22.5 Å². The molecule has 1 aromatic heterocycles. The Balaban J connectivity index is 1.57. The van der Waals surface area contributed by atoms with Gasteiger partial charge in [-0.05, 0) is 18.6 Å². The van der Waals surface area contributed by atoms with Crippen molar-refractivity contribution in [1.82, 2.24) is 10.3 Å². The van der Waals surface area contributed by atoms with Gasteiger partial charge in [-0.15, -0.1) is 0 Å². The molecule has 2 aromatic rings. The van der Waals surface area contributed by atoms with Crippen LogP contribution in [0, 0.1) is 5.92 Å². The summed E-state index contributed by atoms with van der Waals surface area (Å²) < 4.78 is 5.50. The first kappa shape index (κ1) is 13.1. The number of hydrogen-bond donors (Lipinski definition) is 2. The van der Waals surface area contributed by atoms with Crippen LogP contribution in [0.4, 0.5) is 0 Å². The fourth-order valence-electron chi connectivity index (χ4n) is 2.40. The highest BCUT2D eigenvalue weighted by Crippen LogP contribution is 2.19. The Bertz CT molecular complexity index is 577. The summed E-state index contributed by atoms with van der Waals surface area (Å²) in [5.74, 6) is 0.933. The summed E-state index contributed by atoms with van der Waals surface area (Å²) in [5, 5.41) is 12.5. The van der Waals surface area contributed by atoms with Gasteiger partial charge in [0.2, 0.25) is 5.89 Å². The lowest BCUT2D eigenvalue weighted by atomic mass is 10.1. The number of aliphatic hydroxyl groups excluding tert-OH is 1. The Morgan fingerprint density at radius 1 is 1.25 bits per heavy atom. The summed E-state index contributed by atoms with van der Waals surface area (Å²) in [6.45, 7) is 0.889. The van der Waals surface area contributed by atoms with Gasteiger partial charge in [-0.2, -0.15) is 0 Å². The van der Waals surface area contributed by atoms with E-state index in [1.165, 1.54) is 0 Å². The Hall–Kier alpha value is -1.91. The van der Waals surface area contributed by atoms with Crippen molar-refractivity contribution in [3.63, 3.8) is 0 Å². The first-order valence-electron chi connectivity index (χ1n) is 6.87. The standard InChI is InChI=1S/C16H18N2O2/c19-10-12-6-7-14(8-12)17-9-15-11-20-16(18-15)13-4-2-1-3-5-13/h1-7,11-12,14,17,19H,8-10H2/t12-,14+/m0/s1. The van der Waals surface area contributed by atoms with E-state index in [1.807, 2.05) is 30.3 Å². The number of nitrogens with zero attached hydrogens (tertiary/aromatic N) is 1. The fraction of sp³-hybridized carbons (Fsp3) is 0.312. The van der Waals surface area contributed by atoms with E-state index in [-0.39, 0.29) is 12.5 Å². The largest absolute Gasteiger partial charge is 0.444 e. The maximum atomic E-state index is 9.09. The maximum Gasteiger partial charge on any atom is 0.226 e. The van der Waals surface area contributed by atoms with Crippen LogP contribution in [0.2, 0.25) is 0 Å². The molecule has 1 heterocycles. The van der Waals surface area contributed by atoms with E-state index in [9.17, 15) is 0 Å². The molecule has 0 saturated heterocycles. The number of aliphatic hydroxyl groups is 1. The molecule has 1 aromatic carbocycles. The quantitative estimate of drug-likeness (QED) is 0.819. The fourth-order valence-corrected chi connectivity index (χ4v) is 2.40. The van der Waals surface area contributed by atoms with Gasteiger partial charge in [-0.1, -0.05) is 30.4 Å². The van der Waals surface area contributed by atoms with Crippen molar-refractivity contribution in [3.8, 4) is 11.5 Å². The topological polar surface area (TPSA) is 58.3 Å². The van der Waals surface area contributed by atoms with E-state index in [0.717, 1.165) is 17.7 Å². The van der Waals surface area contributed by atoms with Crippen LogP contribution in [0.25, 0.3) is 11.5 Å². The molecule has 20 heavy (non-hydrogen) atoms. The Morgan fingerprint density at radius 2 is 2.10 bits per heavy atom. The monoisotopic (exact) mass is 270 g/mol. The highest BCUT2D eigenvalue weighted by atomic mass is 16.3. The molecule has 0 spiro atoms. The summed E-state index contributed by atoms with van der Waals surface area (Å²) >= 11 is 0. The minimum Gasteiger partial charge on any atom is -0.444 e. The van der Waals surface area contributed by atoms with E-state index < -0.39 is 0 Å². The van der Waals surface area contributed by atoms with Crippen LogP contribution in [0.15, 0.2) is 53.2 Å². The van der Waals surface area contributed by atoms with E-state index >= 15 is 0 Å².